The first-order chi connectivity index (χ1) is 24.1. The maximum atomic E-state index is 11.5. The molecule has 7 N–H and O–H groups in total. The first-order valence-electron chi connectivity index (χ1n) is 17.3. The van der Waals surface area contributed by atoms with Crippen molar-refractivity contribution in [3.8, 4) is 0 Å². The van der Waals surface area contributed by atoms with E-state index >= 15 is 0 Å². The summed E-state index contributed by atoms with van der Waals surface area (Å²) in [5.41, 5.74) is 0. The van der Waals surface area contributed by atoms with Crippen molar-refractivity contribution in [2.45, 2.75) is 148 Å². The smallest absolute Gasteiger partial charge is 0.187 e. The van der Waals surface area contributed by atoms with Crippen LogP contribution >= 0.6 is 0 Å². The van der Waals surface area contributed by atoms with Crippen LogP contribution in [-0.4, -0.2) is 190 Å². The Labute approximate surface area is 297 Å². The highest BCUT2D eigenvalue weighted by molar-refractivity contribution is 4.97. The second-order valence-corrected chi connectivity index (χ2v) is 9.95. The summed E-state index contributed by atoms with van der Waals surface area (Å²) in [6.07, 6.45) is -20.7. The number of ether oxygens (including phenoxy) is 11. The van der Waals surface area contributed by atoms with Crippen molar-refractivity contribution in [1.82, 2.24) is 0 Å². The van der Waals surface area contributed by atoms with Gasteiger partial charge in [0, 0.05) is 28.4 Å². The molecule has 304 valence electrons. The van der Waals surface area contributed by atoms with E-state index in [1.807, 2.05) is 55.4 Å². The molecular formula is C32H68O18. The fourth-order valence-electron chi connectivity index (χ4n) is 5.06. The first-order valence-corrected chi connectivity index (χ1v) is 17.3. The Morgan fingerprint density at radius 2 is 0.940 bits per heavy atom. The van der Waals surface area contributed by atoms with E-state index in [-0.39, 0.29) is 26.6 Å². The summed E-state index contributed by atoms with van der Waals surface area (Å²) in [7, 11) is 5.35. The molecule has 0 radical (unpaired) electrons. The van der Waals surface area contributed by atoms with Crippen LogP contribution in [-0.2, 0) is 52.1 Å². The molecule has 18 nitrogen and oxygen atoms in total. The van der Waals surface area contributed by atoms with Crippen LogP contribution in [0.3, 0.4) is 0 Å². The number of hydrogen-bond acceptors (Lipinski definition) is 18. The Balaban J connectivity index is 0. The van der Waals surface area contributed by atoms with Gasteiger partial charge < -0.3 is 87.9 Å². The third-order valence-electron chi connectivity index (χ3n) is 7.19. The van der Waals surface area contributed by atoms with Gasteiger partial charge in [0.15, 0.2) is 18.9 Å². The summed E-state index contributed by atoms with van der Waals surface area (Å²) >= 11 is 0. The number of aliphatic hydroxyl groups excluding tert-OH is 7. The van der Waals surface area contributed by atoms with Crippen molar-refractivity contribution in [2.75, 3.05) is 61.8 Å². The molecule has 3 aliphatic rings. The van der Waals surface area contributed by atoms with Crippen LogP contribution in [0.15, 0.2) is 0 Å². The molecule has 3 aliphatic heterocycles. The van der Waals surface area contributed by atoms with Crippen molar-refractivity contribution in [3.63, 3.8) is 0 Å². The zero-order chi connectivity index (χ0) is 39.0. The average molecular weight is 741 g/mol. The van der Waals surface area contributed by atoms with Crippen LogP contribution in [0.1, 0.15) is 55.4 Å². The van der Waals surface area contributed by atoms with E-state index in [4.69, 9.17) is 57.2 Å². The first kappa shape index (κ1) is 51.4. The average Bonchev–Trinajstić information content (AvgIpc) is 3.14. The second kappa shape index (κ2) is 29.7. The molecule has 3 fully saturated rings. The summed E-state index contributed by atoms with van der Waals surface area (Å²) in [6, 6.07) is 0. The highest BCUT2D eigenvalue weighted by Gasteiger charge is 2.54. The predicted molar refractivity (Wildman–Crippen MR) is 178 cm³/mol. The molecule has 0 saturated carbocycles. The van der Waals surface area contributed by atoms with Crippen LogP contribution in [0, 0.1) is 0 Å². The van der Waals surface area contributed by atoms with Gasteiger partial charge in [-0.15, -0.1) is 0 Å². The van der Waals surface area contributed by atoms with Gasteiger partial charge in [0.2, 0.25) is 0 Å². The molecular weight excluding hydrogens is 672 g/mol. The minimum absolute atomic E-state index is 0.135. The zero-order valence-electron chi connectivity index (χ0n) is 31.8. The Morgan fingerprint density at radius 3 is 1.42 bits per heavy atom. The molecule has 3 saturated heterocycles. The van der Waals surface area contributed by atoms with Gasteiger partial charge in [0.1, 0.15) is 86.8 Å². The van der Waals surface area contributed by atoms with E-state index in [9.17, 15) is 30.6 Å². The minimum atomic E-state index is -1.72. The molecule has 0 bridgehead atoms. The molecule has 18 heteroatoms. The van der Waals surface area contributed by atoms with Gasteiger partial charge in [-0.05, 0) is 0 Å². The molecule has 0 aromatic carbocycles. The Morgan fingerprint density at radius 1 is 0.480 bits per heavy atom. The Bertz CT molecular complexity index is 771. The minimum Gasteiger partial charge on any atom is -0.387 e. The summed E-state index contributed by atoms with van der Waals surface area (Å²) in [6.45, 7) is 14.4. The van der Waals surface area contributed by atoms with Gasteiger partial charge >= 0.3 is 0 Å². The van der Waals surface area contributed by atoms with E-state index < -0.39 is 98.9 Å². The van der Waals surface area contributed by atoms with Crippen molar-refractivity contribution in [2.24, 2.45) is 0 Å². The van der Waals surface area contributed by atoms with Crippen LogP contribution in [0.4, 0.5) is 0 Å². The highest BCUT2D eigenvalue weighted by atomic mass is 16.8. The molecule has 3 rings (SSSR count). The number of methoxy groups -OCH3 is 4. The van der Waals surface area contributed by atoms with Crippen molar-refractivity contribution < 1.29 is 87.9 Å². The normalized spacial score (nSPS) is 38.1. The maximum absolute atomic E-state index is 11.5. The van der Waals surface area contributed by atoms with Gasteiger partial charge in [-0.1, -0.05) is 55.4 Å². The molecule has 0 aliphatic carbocycles. The van der Waals surface area contributed by atoms with Gasteiger partial charge in [-0.2, -0.15) is 0 Å². The summed E-state index contributed by atoms with van der Waals surface area (Å²) < 4.78 is 60.5. The molecule has 0 aromatic heterocycles. The van der Waals surface area contributed by atoms with E-state index in [0.717, 1.165) is 0 Å². The van der Waals surface area contributed by atoms with Crippen molar-refractivity contribution in [1.29, 1.82) is 0 Å². The van der Waals surface area contributed by atoms with Crippen LogP contribution < -0.4 is 0 Å². The van der Waals surface area contributed by atoms with E-state index in [1.165, 1.54) is 28.4 Å². The van der Waals surface area contributed by atoms with Gasteiger partial charge in [0.05, 0.1) is 19.8 Å². The molecule has 50 heavy (non-hydrogen) atoms. The maximum Gasteiger partial charge on any atom is 0.187 e. The molecule has 15 atom stereocenters. The molecule has 15 unspecified atom stereocenters. The molecule has 0 spiro atoms. The summed E-state index contributed by atoms with van der Waals surface area (Å²) in [5.74, 6) is 0. The lowest BCUT2D eigenvalue weighted by molar-refractivity contribution is -0.385. The van der Waals surface area contributed by atoms with E-state index in [1.54, 1.807) is 0 Å². The lowest BCUT2D eigenvalue weighted by Gasteiger charge is -2.49. The fourth-order valence-corrected chi connectivity index (χ4v) is 5.06. The van der Waals surface area contributed by atoms with E-state index in [0.29, 0.717) is 0 Å². The Hall–Kier alpha value is -0.720. The fraction of sp³-hybridized carbons (Fsp3) is 1.00. The van der Waals surface area contributed by atoms with Crippen molar-refractivity contribution in [3.05, 3.63) is 0 Å². The lowest BCUT2D eigenvalue weighted by atomic mass is 9.96. The number of aliphatic hydroxyl groups is 7. The lowest BCUT2D eigenvalue weighted by Crippen LogP contribution is -2.67. The summed E-state index contributed by atoms with van der Waals surface area (Å²) in [4.78, 5) is 0. The predicted octanol–water partition coefficient (Wildman–Crippen LogP) is -0.904. The molecule has 0 aromatic rings. The highest BCUT2D eigenvalue weighted by Crippen LogP contribution is 2.34. The molecule has 0 amide bonds. The van der Waals surface area contributed by atoms with Gasteiger partial charge in [0.25, 0.3) is 0 Å². The summed E-state index contributed by atoms with van der Waals surface area (Å²) in [5, 5.41) is 72.4. The second-order valence-electron chi connectivity index (χ2n) is 9.95. The SMILES string of the molecule is CC.CC.CC.CC.COCOC1C(OC2C(COC)OC(O)C(O)C2O)OC(COC)C(OC2OC(COCO)C(O)C(O)C2OC)C1O. The number of rotatable bonds is 15. The third-order valence-corrected chi connectivity index (χ3v) is 7.19. The van der Waals surface area contributed by atoms with Gasteiger partial charge in [-0.25, -0.2) is 0 Å². The Kier molecular flexibility index (Phi) is 30.5. The quantitative estimate of drug-likeness (QED) is 0.101. The largest absolute Gasteiger partial charge is 0.387 e. The van der Waals surface area contributed by atoms with Crippen LogP contribution in [0.2, 0.25) is 0 Å². The van der Waals surface area contributed by atoms with Crippen LogP contribution in [0.5, 0.6) is 0 Å². The topological polar surface area (TPSA) is 243 Å². The van der Waals surface area contributed by atoms with Gasteiger partial charge in [-0.3, -0.25) is 0 Å². The molecule has 3 heterocycles. The van der Waals surface area contributed by atoms with E-state index in [2.05, 4.69) is 0 Å². The number of hydrogen-bond donors (Lipinski definition) is 7. The standard InChI is InChI=1S/C24H44O18.4C2H6/c1-32-5-11-18(15(28)16(29)22(31)38-11)41-24-21(37-9-34-3)17(30)19(12(40-24)6-33-2)42-23-20(35-4)14(27)13(26)10(39-23)7-36-8-25;4*1-2/h10-31H,5-9H2,1-4H3;4*1-2H3. The third kappa shape index (κ3) is 14.6. The van der Waals surface area contributed by atoms with Crippen molar-refractivity contribution >= 4 is 0 Å². The monoisotopic (exact) mass is 740 g/mol. The zero-order valence-corrected chi connectivity index (χ0v) is 31.8. The van der Waals surface area contributed by atoms with Crippen LogP contribution in [0.25, 0.3) is 0 Å².